The maximum absolute atomic E-state index is 12.7. The van der Waals surface area contributed by atoms with Crippen molar-refractivity contribution in [1.29, 1.82) is 0 Å². The lowest BCUT2D eigenvalue weighted by Gasteiger charge is -2.48. The number of hydrogen-bond donors (Lipinski definition) is 2. The molecule has 0 aromatic carbocycles. The van der Waals surface area contributed by atoms with E-state index in [9.17, 15) is 4.79 Å². The SMILES string of the molecule is Cl.NC[C@H]1CCC[C@H]1C(=O)NCC1(N2CCCCC2)CCCCC1. The van der Waals surface area contributed by atoms with Crippen LogP contribution in [0.4, 0.5) is 0 Å². The molecular weight excluding hydrogens is 322 g/mol. The minimum atomic E-state index is 0. The second kappa shape index (κ2) is 9.40. The normalized spacial score (nSPS) is 30.5. The van der Waals surface area contributed by atoms with E-state index in [-0.39, 0.29) is 29.8 Å². The highest BCUT2D eigenvalue weighted by Crippen LogP contribution is 2.36. The summed E-state index contributed by atoms with van der Waals surface area (Å²) < 4.78 is 0. The fourth-order valence-corrected chi connectivity index (χ4v) is 5.23. The van der Waals surface area contributed by atoms with E-state index < -0.39 is 0 Å². The van der Waals surface area contributed by atoms with Crippen LogP contribution in [0.3, 0.4) is 0 Å². The molecule has 1 heterocycles. The minimum absolute atomic E-state index is 0. The number of halogens is 1. The van der Waals surface area contributed by atoms with Gasteiger partial charge in [-0.15, -0.1) is 12.4 Å². The second-order valence-electron chi connectivity index (χ2n) is 8.08. The summed E-state index contributed by atoms with van der Waals surface area (Å²) in [5.41, 5.74) is 6.10. The van der Waals surface area contributed by atoms with Crippen LogP contribution >= 0.6 is 12.4 Å². The maximum atomic E-state index is 12.7. The van der Waals surface area contributed by atoms with Crippen molar-refractivity contribution in [2.45, 2.75) is 76.2 Å². The molecule has 2 aliphatic carbocycles. The minimum Gasteiger partial charge on any atom is -0.354 e. The maximum Gasteiger partial charge on any atom is 0.223 e. The average Bonchev–Trinajstić information content (AvgIpc) is 3.10. The van der Waals surface area contributed by atoms with Gasteiger partial charge in [-0.3, -0.25) is 9.69 Å². The summed E-state index contributed by atoms with van der Waals surface area (Å²) in [6, 6.07) is 0. The van der Waals surface area contributed by atoms with Crippen LogP contribution in [0.25, 0.3) is 0 Å². The summed E-state index contributed by atoms with van der Waals surface area (Å²) >= 11 is 0. The topological polar surface area (TPSA) is 58.4 Å². The smallest absolute Gasteiger partial charge is 0.223 e. The average molecular weight is 358 g/mol. The molecule has 0 aromatic heterocycles. The fourth-order valence-electron chi connectivity index (χ4n) is 5.23. The predicted molar refractivity (Wildman–Crippen MR) is 101 cm³/mol. The van der Waals surface area contributed by atoms with Gasteiger partial charge in [0.2, 0.25) is 5.91 Å². The third-order valence-electron chi connectivity index (χ3n) is 6.70. The van der Waals surface area contributed by atoms with Crippen molar-refractivity contribution in [3.05, 3.63) is 0 Å². The Morgan fingerprint density at radius 1 is 1.00 bits per heavy atom. The number of hydrogen-bond acceptors (Lipinski definition) is 3. The van der Waals surface area contributed by atoms with Crippen LogP contribution in [-0.4, -0.2) is 42.5 Å². The zero-order valence-corrected chi connectivity index (χ0v) is 15.9. The van der Waals surface area contributed by atoms with E-state index in [1.807, 2.05) is 0 Å². The standard InChI is InChI=1S/C19H35N3O.ClH/c20-14-16-8-7-9-17(16)18(23)21-15-19(10-3-1-4-11-19)22-12-5-2-6-13-22;/h16-17H,1-15,20H2,(H,21,23);1H/t16-,17-;/m1./s1. The largest absolute Gasteiger partial charge is 0.354 e. The Morgan fingerprint density at radius 3 is 2.33 bits per heavy atom. The molecule has 4 nitrogen and oxygen atoms in total. The number of piperidine rings is 1. The van der Waals surface area contributed by atoms with Gasteiger partial charge in [-0.05, 0) is 64.1 Å². The Kier molecular flexibility index (Phi) is 7.83. The third-order valence-corrected chi connectivity index (χ3v) is 6.70. The lowest BCUT2D eigenvalue weighted by molar-refractivity contribution is -0.127. The fraction of sp³-hybridized carbons (Fsp3) is 0.947. The van der Waals surface area contributed by atoms with Crippen LogP contribution in [0.5, 0.6) is 0 Å². The van der Waals surface area contributed by atoms with E-state index >= 15 is 0 Å². The zero-order chi connectivity index (χ0) is 16.1. The molecule has 3 rings (SSSR count). The Labute approximate surface area is 153 Å². The van der Waals surface area contributed by atoms with Gasteiger partial charge in [0.15, 0.2) is 0 Å². The Balaban J connectivity index is 0.00000208. The summed E-state index contributed by atoms with van der Waals surface area (Å²) in [6.45, 7) is 3.98. The van der Waals surface area contributed by atoms with Crippen molar-refractivity contribution in [3.8, 4) is 0 Å². The Bertz CT molecular complexity index is 392. The molecule has 3 aliphatic rings. The molecule has 1 aliphatic heterocycles. The first-order valence-corrected chi connectivity index (χ1v) is 9.98. The number of nitrogens with one attached hydrogen (secondary N) is 1. The highest BCUT2D eigenvalue weighted by Gasteiger charge is 2.40. The van der Waals surface area contributed by atoms with Gasteiger partial charge in [-0.2, -0.15) is 0 Å². The van der Waals surface area contributed by atoms with E-state index in [0.717, 1.165) is 25.8 Å². The third kappa shape index (κ3) is 4.44. The predicted octanol–water partition coefficient (Wildman–Crippen LogP) is 3.09. The molecule has 0 spiro atoms. The van der Waals surface area contributed by atoms with E-state index in [2.05, 4.69) is 10.2 Å². The van der Waals surface area contributed by atoms with Gasteiger partial charge < -0.3 is 11.1 Å². The van der Waals surface area contributed by atoms with Crippen molar-refractivity contribution in [3.63, 3.8) is 0 Å². The lowest BCUT2D eigenvalue weighted by atomic mass is 9.79. The second-order valence-corrected chi connectivity index (χ2v) is 8.08. The van der Waals surface area contributed by atoms with Crippen molar-refractivity contribution in [2.24, 2.45) is 17.6 Å². The van der Waals surface area contributed by atoms with Crippen LogP contribution in [-0.2, 0) is 4.79 Å². The first-order valence-electron chi connectivity index (χ1n) is 9.98. The number of carbonyl (C=O) groups is 1. The molecule has 1 amide bonds. The lowest BCUT2D eigenvalue weighted by Crippen LogP contribution is -2.58. The molecule has 3 fully saturated rings. The van der Waals surface area contributed by atoms with Crippen molar-refractivity contribution in [2.75, 3.05) is 26.2 Å². The summed E-state index contributed by atoms with van der Waals surface area (Å²) in [4.78, 5) is 15.4. The van der Waals surface area contributed by atoms with Gasteiger partial charge in [-0.1, -0.05) is 32.1 Å². The van der Waals surface area contributed by atoms with Gasteiger partial charge in [-0.25, -0.2) is 0 Å². The molecular formula is C19H36ClN3O. The van der Waals surface area contributed by atoms with E-state index in [4.69, 9.17) is 5.73 Å². The van der Waals surface area contributed by atoms with Crippen LogP contribution < -0.4 is 11.1 Å². The zero-order valence-electron chi connectivity index (χ0n) is 15.1. The van der Waals surface area contributed by atoms with Gasteiger partial charge in [0.1, 0.15) is 0 Å². The molecule has 1 saturated heterocycles. The molecule has 0 bridgehead atoms. The summed E-state index contributed by atoms with van der Waals surface area (Å²) in [7, 11) is 0. The molecule has 24 heavy (non-hydrogen) atoms. The highest BCUT2D eigenvalue weighted by molar-refractivity contribution is 5.85. The van der Waals surface area contributed by atoms with Crippen molar-refractivity contribution >= 4 is 18.3 Å². The molecule has 5 heteroatoms. The van der Waals surface area contributed by atoms with Crippen molar-refractivity contribution < 1.29 is 4.79 Å². The first-order chi connectivity index (χ1) is 11.2. The molecule has 2 atom stereocenters. The quantitative estimate of drug-likeness (QED) is 0.794. The van der Waals surface area contributed by atoms with E-state index in [1.54, 1.807) is 0 Å². The Hall–Kier alpha value is -0.320. The number of rotatable bonds is 5. The summed E-state index contributed by atoms with van der Waals surface area (Å²) in [6.07, 6.45) is 13.9. The van der Waals surface area contributed by atoms with E-state index in [0.29, 0.717) is 12.5 Å². The first kappa shape index (κ1) is 20.0. The monoisotopic (exact) mass is 357 g/mol. The van der Waals surface area contributed by atoms with Crippen LogP contribution in [0.2, 0.25) is 0 Å². The molecule has 2 saturated carbocycles. The highest BCUT2D eigenvalue weighted by atomic mass is 35.5. The van der Waals surface area contributed by atoms with Crippen LogP contribution in [0, 0.1) is 11.8 Å². The number of likely N-dealkylation sites (tertiary alicyclic amines) is 1. The number of nitrogens with two attached hydrogens (primary N) is 1. The van der Waals surface area contributed by atoms with Gasteiger partial charge in [0.25, 0.3) is 0 Å². The molecule has 140 valence electrons. The molecule has 0 radical (unpaired) electrons. The number of carbonyl (C=O) groups excluding carboxylic acids is 1. The van der Waals surface area contributed by atoms with E-state index in [1.165, 1.54) is 64.5 Å². The number of nitrogens with zero attached hydrogens (tertiary/aromatic N) is 1. The molecule has 0 unspecified atom stereocenters. The molecule has 0 aromatic rings. The summed E-state index contributed by atoms with van der Waals surface area (Å²) in [5.74, 6) is 0.856. The van der Waals surface area contributed by atoms with Crippen LogP contribution in [0.15, 0.2) is 0 Å². The Morgan fingerprint density at radius 2 is 1.67 bits per heavy atom. The van der Waals surface area contributed by atoms with Gasteiger partial charge >= 0.3 is 0 Å². The van der Waals surface area contributed by atoms with Gasteiger partial charge in [0.05, 0.1) is 0 Å². The number of amides is 1. The molecule has 3 N–H and O–H groups in total. The van der Waals surface area contributed by atoms with Gasteiger partial charge in [0, 0.05) is 18.0 Å². The van der Waals surface area contributed by atoms with Crippen molar-refractivity contribution in [1.82, 2.24) is 10.2 Å². The summed E-state index contributed by atoms with van der Waals surface area (Å²) in [5, 5.41) is 3.36. The van der Waals surface area contributed by atoms with Crippen LogP contribution in [0.1, 0.15) is 70.6 Å².